The molecule has 1 aliphatic heterocycles. The molecular weight excluding hydrogens is 266 g/mol. The Kier molecular flexibility index (Phi) is 3.14. The van der Waals surface area contributed by atoms with E-state index in [9.17, 15) is 14.9 Å². The third-order valence-electron chi connectivity index (χ3n) is 5.46. The fourth-order valence-electron chi connectivity index (χ4n) is 3.83. The normalized spacial score (nSPS) is 32.6. The van der Waals surface area contributed by atoms with Crippen molar-refractivity contribution in [2.45, 2.75) is 45.6 Å². The number of piperidine rings is 1. The van der Waals surface area contributed by atoms with Gasteiger partial charge in [0.2, 0.25) is 11.8 Å². The van der Waals surface area contributed by atoms with Gasteiger partial charge in [0.05, 0.1) is 24.4 Å². The summed E-state index contributed by atoms with van der Waals surface area (Å²) in [7, 11) is 0. The van der Waals surface area contributed by atoms with E-state index in [1.807, 2.05) is 20.8 Å². The van der Waals surface area contributed by atoms with Gasteiger partial charge in [-0.15, -0.1) is 0 Å². The van der Waals surface area contributed by atoms with Crippen molar-refractivity contribution >= 4 is 11.8 Å². The molecule has 0 radical (unpaired) electrons. The Labute approximate surface area is 125 Å². The molecule has 3 atom stereocenters. The van der Waals surface area contributed by atoms with E-state index in [-0.39, 0.29) is 41.5 Å². The summed E-state index contributed by atoms with van der Waals surface area (Å²) in [5.41, 5.74) is -0.932. The molecule has 3 unspecified atom stereocenters. The molecule has 0 aromatic rings. The van der Waals surface area contributed by atoms with Gasteiger partial charge in [0, 0.05) is 0 Å². The smallest absolute Gasteiger partial charge is 0.233 e. The Hall–Kier alpha value is -1.41. The van der Waals surface area contributed by atoms with Crippen LogP contribution in [0.5, 0.6) is 0 Å². The predicted octanol–water partition coefficient (Wildman–Crippen LogP) is 1.30. The first-order chi connectivity index (χ1) is 9.89. The Balaban J connectivity index is 1.77. The molecule has 1 saturated heterocycles. The quantitative estimate of drug-likeness (QED) is 0.748. The Morgan fingerprint density at radius 2 is 1.90 bits per heavy atom. The van der Waals surface area contributed by atoms with Crippen molar-refractivity contribution < 1.29 is 9.59 Å². The number of nitriles is 1. The third kappa shape index (κ3) is 2.00. The average Bonchev–Trinajstić information content (AvgIpc) is 3.33. The Bertz CT molecular complexity index is 508. The van der Waals surface area contributed by atoms with Crippen LogP contribution in [-0.4, -0.2) is 35.3 Å². The number of nitrogens with zero attached hydrogens (tertiary/aromatic N) is 2. The first kappa shape index (κ1) is 14.5. The molecule has 2 amide bonds. The third-order valence-corrected chi connectivity index (χ3v) is 5.46. The second-order valence-corrected chi connectivity index (χ2v) is 7.32. The molecular formula is C16H23N3O2. The van der Waals surface area contributed by atoms with Crippen LogP contribution in [0.4, 0.5) is 0 Å². The first-order valence-corrected chi connectivity index (χ1v) is 7.90. The monoisotopic (exact) mass is 289 g/mol. The van der Waals surface area contributed by atoms with E-state index in [4.69, 9.17) is 0 Å². The fraction of sp³-hybridized carbons (Fsp3) is 0.812. The minimum atomic E-state index is -0.748. The van der Waals surface area contributed by atoms with Crippen molar-refractivity contribution in [1.29, 1.82) is 5.26 Å². The molecule has 3 fully saturated rings. The van der Waals surface area contributed by atoms with Crippen molar-refractivity contribution in [3.05, 3.63) is 0 Å². The van der Waals surface area contributed by atoms with Crippen LogP contribution in [0.15, 0.2) is 0 Å². The van der Waals surface area contributed by atoms with Gasteiger partial charge in [-0.1, -0.05) is 20.8 Å². The first-order valence-electron chi connectivity index (χ1n) is 7.90. The number of hydrogen-bond acceptors (Lipinski definition) is 4. The number of amides is 2. The van der Waals surface area contributed by atoms with Crippen LogP contribution < -0.4 is 5.32 Å². The van der Waals surface area contributed by atoms with Crippen LogP contribution in [0.3, 0.4) is 0 Å². The number of carbonyl (C=O) groups excluding carboxylic acids is 2. The predicted molar refractivity (Wildman–Crippen MR) is 76.8 cm³/mol. The Morgan fingerprint density at radius 3 is 2.33 bits per heavy atom. The van der Waals surface area contributed by atoms with Crippen molar-refractivity contribution in [2.24, 2.45) is 23.2 Å². The lowest BCUT2D eigenvalue weighted by atomic mass is 9.93. The van der Waals surface area contributed by atoms with Crippen LogP contribution in [0.2, 0.25) is 0 Å². The number of carbonyl (C=O) groups is 2. The van der Waals surface area contributed by atoms with Gasteiger partial charge in [0.15, 0.2) is 0 Å². The van der Waals surface area contributed by atoms with E-state index in [1.54, 1.807) is 0 Å². The van der Waals surface area contributed by atoms with E-state index in [0.717, 1.165) is 25.8 Å². The summed E-state index contributed by atoms with van der Waals surface area (Å²) in [4.78, 5) is 26.3. The zero-order valence-corrected chi connectivity index (χ0v) is 13.0. The lowest BCUT2D eigenvalue weighted by Crippen LogP contribution is -2.56. The molecule has 114 valence electrons. The van der Waals surface area contributed by atoms with Gasteiger partial charge in [-0.2, -0.15) is 5.26 Å². The topological polar surface area (TPSA) is 73.2 Å². The molecule has 2 saturated carbocycles. The lowest BCUT2D eigenvalue weighted by Gasteiger charge is -2.33. The summed E-state index contributed by atoms with van der Waals surface area (Å²) in [5, 5.41) is 13.0. The molecule has 3 rings (SSSR count). The number of hydrogen-bond donors (Lipinski definition) is 1. The highest BCUT2D eigenvalue weighted by Crippen LogP contribution is 2.63. The molecule has 3 aliphatic rings. The Morgan fingerprint density at radius 1 is 1.33 bits per heavy atom. The SMILES string of the molecule is CCCNC(C#N)(CN1C(=O)C2C(C1=O)C2(C)C)C1CC1. The minimum Gasteiger partial charge on any atom is -0.298 e. The van der Waals surface area contributed by atoms with E-state index in [2.05, 4.69) is 11.4 Å². The van der Waals surface area contributed by atoms with Gasteiger partial charge in [-0.05, 0) is 37.1 Å². The van der Waals surface area contributed by atoms with Gasteiger partial charge in [0.25, 0.3) is 0 Å². The van der Waals surface area contributed by atoms with Crippen molar-refractivity contribution in [3.63, 3.8) is 0 Å². The highest BCUT2D eigenvalue weighted by molar-refractivity contribution is 6.10. The van der Waals surface area contributed by atoms with Gasteiger partial charge in [-0.25, -0.2) is 0 Å². The molecule has 2 aliphatic carbocycles. The van der Waals surface area contributed by atoms with Crippen LogP contribution in [0.1, 0.15) is 40.0 Å². The molecule has 0 aromatic carbocycles. The maximum absolute atomic E-state index is 12.5. The molecule has 0 bridgehead atoms. The largest absolute Gasteiger partial charge is 0.298 e. The zero-order valence-electron chi connectivity index (χ0n) is 13.0. The highest BCUT2D eigenvalue weighted by atomic mass is 16.2. The van der Waals surface area contributed by atoms with Crippen LogP contribution in [-0.2, 0) is 9.59 Å². The van der Waals surface area contributed by atoms with E-state index in [0.29, 0.717) is 0 Å². The number of nitrogens with one attached hydrogen (secondary N) is 1. The second kappa shape index (κ2) is 4.54. The lowest BCUT2D eigenvalue weighted by molar-refractivity contribution is -0.144. The van der Waals surface area contributed by atoms with Gasteiger partial charge < -0.3 is 0 Å². The number of fused-ring (bicyclic) bond motifs is 1. The number of rotatable bonds is 6. The number of likely N-dealkylation sites (tertiary alicyclic amines) is 1. The highest BCUT2D eigenvalue weighted by Gasteiger charge is 2.73. The molecule has 5 nitrogen and oxygen atoms in total. The van der Waals surface area contributed by atoms with E-state index in [1.165, 1.54) is 4.90 Å². The summed E-state index contributed by atoms with van der Waals surface area (Å²) in [6.07, 6.45) is 2.92. The molecule has 5 heteroatoms. The average molecular weight is 289 g/mol. The zero-order chi connectivity index (χ0) is 15.4. The summed E-state index contributed by atoms with van der Waals surface area (Å²) < 4.78 is 0. The molecule has 0 aromatic heterocycles. The summed E-state index contributed by atoms with van der Waals surface area (Å²) >= 11 is 0. The standard InChI is InChI=1S/C16H23N3O2/c1-4-7-18-16(8-17,10-5-6-10)9-19-13(20)11-12(14(19)21)15(11,2)3/h10-12,18H,4-7,9H2,1-3H3. The van der Waals surface area contributed by atoms with Crippen LogP contribution in [0.25, 0.3) is 0 Å². The summed E-state index contributed by atoms with van der Waals surface area (Å²) in [6, 6.07) is 2.37. The van der Waals surface area contributed by atoms with E-state index < -0.39 is 5.54 Å². The molecule has 21 heavy (non-hydrogen) atoms. The fourth-order valence-corrected chi connectivity index (χ4v) is 3.83. The second-order valence-electron chi connectivity index (χ2n) is 7.32. The van der Waals surface area contributed by atoms with E-state index >= 15 is 0 Å². The van der Waals surface area contributed by atoms with Crippen LogP contribution >= 0.6 is 0 Å². The van der Waals surface area contributed by atoms with Crippen LogP contribution in [0, 0.1) is 34.5 Å². The maximum Gasteiger partial charge on any atom is 0.233 e. The summed E-state index contributed by atoms with van der Waals surface area (Å²) in [5.74, 6) is -0.208. The van der Waals surface area contributed by atoms with Crippen molar-refractivity contribution in [2.75, 3.05) is 13.1 Å². The van der Waals surface area contributed by atoms with Gasteiger partial charge in [-0.3, -0.25) is 19.8 Å². The molecule has 1 heterocycles. The van der Waals surface area contributed by atoms with Crippen molar-refractivity contribution in [1.82, 2.24) is 10.2 Å². The molecule has 1 N–H and O–H groups in total. The maximum atomic E-state index is 12.5. The summed E-state index contributed by atoms with van der Waals surface area (Å²) in [6.45, 7) is 6.95. The number of imide groups is 1. The van der Waals surface area contributed by atoms with Gasteiger partial charge in [0.1, 0.15) is 5.54 Å². The molecule has 0 spiro atoms. The van der Waals surface area contributed by atoms with Crippen molar-refractivity contribution in [3.8, 4) is 6.07 Å². The minimum absolute atomic E-state index is 0.0754. The van der Waals surface area contributed by atoms with Gasteiger partial charge >= 0.3 is 0 Å².